The smallest absolute Gasteiger partial charge is 0.196 e. The maximum absolute atomic E-state index is 6.13. The molecule has 0 fully saturated rings. The number of aromatic nitrogens is 5. The number of hydrogen-bond donors (Lipinski definition) is 1. The molecule has 0 amide bonds. The second-order valence-corrected chi connectivity index (χ2v) is 8.34. The van der Waals surface area contributed by atoms with Crippen molar-refractivity contribution in [3.05, 3.63) is 76.8 Å². The normalized spacial score (nSPS) is 11.4. The first kappa shape index (κ1) is 19.0. The summed E-state index contributed by atoms with van der Waals surface area (Å²) in [6.07, 6.45) is 1.98. The fourth-order valence-corrected chi connectivity index (χ4v) is 4.69. The Morgan fingerprint density at radius 3 is 2.63 bits per heavy atom. The van der Waals surface area contributed by atoms with E-state index in [1.807, 2.05) is 56.4 Å². The van der Waals surface area contributed by atoms with Gasteiger partial charge in [-0.2, -0.15) is 0 Å². The molecule has 8 heteroatoms. The predicted molar refractivity (Wildman–Crippen MR) is 119 cm³/mol. The van der Waals surface area contributed by atoms with Crippen LogP contribution in [0.5, 0.6) is 0 Å². The van der Waals surface area contributed by atoms with Crippen molar-refractivity contribution in [2.45, 2.75) is 24.8 Å². The van der Waals surface area contributed by atoms with Crippen LogP contribution in [0.4, 0.5) is 0 Å². The molecular formula is C22H18ClN5OS. The molecule has 0 saturated heterocycles. The van der Waals surface area contributed by atoms with E-state index in [1.165, 1.54) is 0 Å². The average molecular weight is 436 g/mol. The molecule has 150 valence electrons. The van der Waals surface area contributed by atoms with Crippen molar-refractivity contribution in [2.75, 3.05) is 0 Å². The van der Waals surface area contributed by atoms with Crippen LogP contribution in [-0.2, 0) is 5.75 Å². The van der Waals surface area contributed by atoms with E-state index in [1.54, 1.807) is 11.8 Å². The number of benzene rings is 2. The quantitative estimate of drug-likeness (QED) is 0.344. The number of aromatic amines is 1. The number of fused-ring (bicyclic) bond motifs is 1. The molecule has 2 aromatic carbocycles. The number of thioether (sulfide) groups is 1. The van der Waals surface area contributed by atoms with Crippen LogP contribution in [0.1, 0.15) is 17.0 Å². The van der Waals surface area contributed by atoms with E-state index >= 15 is 0 Å². The molecule has 5 aromatic rings. The fraction of sp³-hybridized carbons (Fsp3) is 0.136. The van der Waals surface area contributed by atoms with Crippen LogP contribution in [0.25, 0.3) is 28.0 Å². The molecule has 0 radical (unpaired) electrons. The lowest BCUT2D eigenvalue weighted by Crippen LogP contribution is -1.99. The molecule has 0 aliphatic carbocycles. The molecule has 3 heterocycles. The molecule has 0 spiro atoms. The van der Waals surface area contributed by atoms with Crippen molar-refractivity contribution < 1.29 is 4.52 Å². The van der Waals surface area contributed by atoms with Crippen molar-refractivity contribution in [1.29, 1.82) is 0 Å². The third-order valence-electron chi connectivity index (χ3n) is 5.08. The highest BCUT2D eigenvalue weighted by atomic mass is 35.5. The maximum Gasteiger partial charge on any atom is 0.196 e. The van der Waals surface area contributed by atoms with Crippen LogP contribution >= 0.6 is 23.4 Å². The number of nitrogens with zero attached hydrogens (tertiary/aromatic N) is 4. The lowest BCUT2D eigenvalue weighted by Gasteiger charge is -2.10. The number of H-pyrrole nitrogens is 1. The Morgan fingerprint density at radius 2 is 1.87 bits per heavy atom. The molecule has 0 aliphatic rings. The summed E-state index contributed by atoms with van der Waals surface area (Å²) in [6, 6.07) is 15.9. The molecule has 30 heavy (non-hydrogen) atoms. The van der Waals surface area contributed by atoms with Crippen molar-refractivity contribution in [2.24, 2.45) is 0 Å². The summed E-state index contributed by atoms with van der Waals surface area (Å²) in [5.74, 6) is 2.30. The van der Waals surface area contributed by atoms with Crippen LogP contribution < -0.4 is 0 Å². The Morgan fingerprint density at radius 1 is 1.07 bits per heavy atom. The monoisotopic (exact) mass is 435 g/mol. The number of aryl methyl sites for hydroxylation is 2. The van der Waals surface area contributed by atoms with Gasteiger partial charge in [-0.15, -0.1) is 10.2 Å². The van der Waals surface area contributed by atoms with Gasteiger partial charge in [0.2, 0.25) is 0 Å². The lowest BCUT2D eigenvalue weighted by atomic mass is 10.1. The van der Waals surface area contributed by atoms with Gasteiger partial charge in [0.1, 0.15) is 5.76 Å². The van der Waals surface area contributed by atoms with Gasteiger partial charge < -0.3 is 9.51 Å². The molecular weight excluding hydrogens is 418 g/mol. The molecule has 5 rings (SSSR count). The summed E-state index contributed by atoms with van der Waals surface area (Å²) in [6.45, 7) is 3.88. The van der Waals surface area contributed by atoms with E-state index in [9.17, 15) is 0 Å². The third-order valence-corrected chi connectivity index (χ3v) is 6.28. The van der Waals surface area contributed by atoms with Crippen LogP contribution in [-0.4, -0.2) is 24.9 Å². The Kier molecular flexibility index (Phi) is 4.84. The lowest BCUT2D eigenvalue weighted by molar-refractivity contribution is 0.392. The molecule has 0 unspecified atom stereocenters. The molecule has 0 aliphatic heterocycles. The molecule has 3 aromatic heterocycles. The molecule has 0 bridgehead atoms. The van der Waals surface area contributed by atoms with Gasteiger partial charge in [0.15, 0.2) is 11.0 Å². The Labute approximate surface area is 182 Å². The van der Waals surface area contributed by atoms with Crippen molar-refractivity contribution in [1.82, 2.24) is 24.9 Å². The van der Waals surface area contributed by atoms with Gasteiger partial charge in [0.25, 0.3) is 0 Å². The highest BCUT2D eigenvalue weighted by Crippen LogP contribution is 2.34. The first-order valence-electron chi connectivity index (χ1n) is 9.44. The summed E-state index contributed by atoms with van der Waals surface area (Å²) in [5, 5.41) is 15.7. The standard InChI is InChI=1S/C22H18ClN5OS/c1-13-19(14(2)29-27-13)12-30-22-26-25-21(28(22)16-9-7-15(23)8-10-16)18-11-24-20-6-4-3-5-17(18)20/h3-11,24H,12H2,1-2H3. The van der Waals surface area contributed by atoms with Gasteiger partial charge >= 0.3 is 0 Å². The van der Waals surface area contributed by atoms with Crippen molar-refractivity contribution >= 4 is 34.3 Å². The zero-order valence-corrected chi connectivity index (χ0v) is 18.0. The molecule has 0 saturated carbocycles. The summed E-state index contributed by atoms with van der Waals surface area (Å²) < 4.78 is 7.36. The van der Waals surface area contributed by atoms with Gasteiger partial charge in [-0.25, -0.2) is 0 Å². The second-order valence-electron chi connectivity index (χ2n) is 6.96. The summed E-state index contributed by atoms with van der Waals surface area (Å²) in [4.78, 5) is 3.32. The first-order chi connectivity index (χ1) is 14.6. The van der Waals surface area contributed by atoms with Gasteiger partial charge in [-0.3, -0.25) is 4.57 Å². The topological polar surface area (TPSA) is 72.5 Å². The van der Waals surface area contributed by atoms with E-state index in [0.717, 1.165) is 50.2 Å². The Balaban J connectivity index is 1.62. The number of halogens is 1. The van der Waals surface area contributed by atoms with Crippen LogP contribution in [0, 0.1) is 13.8 Å². The fourth-order valence-electron chi connectivity index (χ4n) is 3.46. The highest BCUT2D eigenvalue weighted by molar-refractivity contribution is 7.98. The molecule has 0 atom stereocenters. The van der Waals surface area contributed by atoms with Gasteiger partial charge in [-0.1, -0.05) is 46.7 Å². The third kappa shape index (κ3) is 3.30. The predicted octanol–water partition coefficient (Wildman–Crippen LogP) is 5.97. The number of rotatable bonds is 5. The zero-order valence-electron chi connectivity index (χ0n) is 16.4. The minimum atomic E-state index is 0.686. The van der Waals surface area contributed by atoms with E-state index < -0.39 is 0 Å². The van der Waals surface area contributed by atoms with Crippen LogP contribution in [0.15, 0.2) is 64.4 Å². The average Bonchev–Trinajstić information content (AvgIpc) is 3.44. The minimum Gasteiger partial charge on any atom is -0.361 e. The highest BCUT2D eigenvalue weighted by Gasteiger charge is 2.20. The summed E-state index contributed by atoms with van der Waals surface area (Å²) >= 11 is 7.73. The molecule has 1 N–H and O–H groups in total. The first-order valence-corrected chi connectivity index (χ1v) is 10.8. The van der Waals surface area contributed by atoms with E-state index in [4.69, 9.17) is 16.1 Å². The Hall–Kier alpha value is -3.03. The number of hydrogen-bond acceptors (Lipinski definition) is 5. The maximum atomic E-state index is 6.13. The largest absolute Gasteiger partial charge is 0.361 e. The van der Waals surface area contributed by atoms with Gasteiger partial charge in [-0.05, 0) is 44.2 Å². The Bertz CT molecular complexity index is 1320. The van der Waals surface area contributed by atoms with Crippen molar-refractivity contribution in [3.8, 4) is 17.1 Å². The van der Waals surface area contributed by atoms with Gasteiger partial charge in [0.05, 0.1) is 5.69 Å². The van der Waals surface area contributed by atoms with E-state index in [-0.39, 0.29) is 0 Å². The van der Waals surface area contributed by atoms with E-state index in [2.05, 4.69) is 37.0 Å². The minimum absolute atomic E-state index is 0.686. The van der Waals surface area contributed by atoms with E-state index in [0.29, 0.717) is 10.8 Å². The second kappa shape index (κ2) is 7.66. The number of nitrogens with one attached hydrogen (secondary N) is 1. The number of para-hydroxylation sites is 1. The van der Waals surface area contributed by atoms with Crippen LogP contribution in [0.3, 0.4) is 0 Å². The zero-order chi connectivity index (χ0) is 20.7. The van der Waals surface area contributed by atoms with Crippen molar-refractivity contribution in [3.63, 3.8) is 0 Å². The molecule has 6 nitrogen and oxygen atoms in total. The van der Waals surface area contributed by atoms with Crippen LogP contribution in [0.2, 0.25) is 5.02 Å². The SMILES string of the molecule is Cc1noc(C)c1CSc1nnc(-c2c[nH]c3ccccc23)n1-c1ccc(Cl)cc1. The van der Waals surface area contributed by atoms with Gasteiger partial charge in [0, 0.05) is 44.7 Å². The summed E-state index contributed by atoms with van der Waals surface area (Å²) in [7, 11) is 0. The summed E-state index contributed by atoms with van der Waals surface area (Å²) in [5.41, 5.74) is 4.99.